The van der Waals surface area contributed by atoms with E-state index in [1.807, 2.05) is 6.07 Å². The van der Waals surface area contributed by atoms with Crippen LogP contribution in [0.4, 0.5) is 5.13 Å². The summed E-state index contributed by atoms with van der Waals surface area (Å²) < 4.78 is 29.3. The first-order valence-corrected chi connectivity index (χ1v) is 10.9. The van der Waals surface area contributed by atoms with E-state index in [1.165, 1.54) is 15.6 Å². The molecule has 1 N–H and O–H groups in total. The maximum absolute atomic E-state index is 12.7. The van der Waals surface area contributed by atoms with Gasteiger partial charge in [-0.25, -0.2) is 13.1 Å². The first kappa shape index (κ1) is 19.2. The van der Waals surface area contributed by atoms with E-state index in [1.54, 1.807) is 35.0 Å². The van der Waals surface area contributed by atoms with Gasteiger partial charge in [0.05, 0.1) is 11.6 Å². The molecule has 7 nitrogen and oxygen atoms in total. The van der Waals surface area contributed by atoms with Gasteiger partial charge in [-0.2, -0.15) is 4.31 Å². The van der Waals surface area contributed by atoms with Crippen LogP contribution >= 0.6 is 23.6 Å². The van der Waals surface area contributed by atoms with E-state index in [-0.39, 0.29) is 0 Å². The Morgan fingerprint density at radius 1 is 1.23 bits per heavy atom. The van der Waals surface area contributed by atoms with E-state index in [2.05, 4.69) is 21.9 Å². The molecule has 0 spiro atoms. The molecule has 1 aliphatic rings. The van der Waals surface area contributed by atoms with Crippen LogP contribution in [-0.2, 0) is 16.7 Å². The van der Waals surface area contributed by atoms with Crippen molar-refractivity contribution in [3.63, 3.8) is 0 Å². The van der Waals surface area contributed by atoms with Gasteiger partial charge in [-0.05, 0) is 24.4 Å². The molecule has 0 aliphatic carbocycles. The van der Waals surface area contributed by atoms with Gasteiger partial charge in [-0.15, -0.1) is 11.7 Å². The third-order valence-electron chi connectivity index (χ3n) is 4.05. The fraction of sp³-hybridized carbons (Fsp3) is 0.375. The summed E-state index contributed by atoms with van der Waals surface area (Å²) in [6.45, 7) is 7.05. The Morgan fingerprint density at radius 2 is 1.92 bits per heavy atom. The van der Waals surface area contributed by atoms with E-state index >= 15 is 0 Å². The number of anilines is 1. The fourth-order valence-electron chi connectivity index (χ4n) is 2.67. The second kappa shape index (κ2) is 8.40. The van der Waals surface area contributed by atoms with Gasteiger partial charge in [0.2, 0.25) is 15.2 Å². The zero-order chi connectivity index (χ0) is 18.6. The quantitative estimate of drug-likeness (QED) is 0.557. The molecule has 1 aromatic heterocycles. The molecule has 1 aliphatic heterocycles. The van der Waals surface area contributed by atoms with Gasteiger partial charge in [0, 0.05) is 32.7 Å². The van der Waals surface area contributed by atoms with Crippen molar-refractivity contribution >= 4 is 38.7 Å². The molecule has 0 unspecified atom stereocenters. The first-order chi connectivity index (χ1) is 12.5. The summed E-state index contributed by atoms with van der Waals surface area (Å²) in [7, 11) is -3.43. The first-order valence-electron chi connectivity index (χ1n) is 8.21. The highest BCUT2D eigenvalue weighted by Gasteiger charge is 2.28. The molecule has 2 aromatic rings. The number of aromatic nitrogens is 2. The highest BCUT2D eigenvalue weighted by atomic mass is 32.2. The second-order valence-electron chi connectivity index (χ2n) is 5.82. The lowest BCUT2D eigenvalue weighted by Crippen LogP contribution is -2.48. The van der Waals surface area contributed by atoms with Crippen LogP contribution in [0.3, 0.4) is 0 Å². The van der Waals surface area contributed by atoms with Crippen molar-refractivity contribution < 1.29 is 8.42 Å². The maximum atomic E-state index is 12.7. The van der Waals surface area contributed by atoms with Crippen molar-refractivity contribution in [3.05, 3.63) is 46.9 Å². The third-order valence-corrected chi connectivity index (χ3v) is 7.23. The summed E-state index contributed by atoms with van der Waals surface area (Å²) in [6, 6.07) is 8.56. The van der Waals surface area contributed by atoms with Crippen molar-refractivity contribution in [2.45, 2.75) is 11.6 Å². The molecule has 3 rings (SSSR count). The van der Waals surface area contributed by atoms with Gasteiger partial charge in [0.15, 0.2) is 3.95 Å². The van der Waals surface area contributed by atoms with Gasteiger partial charge in [0.25, 0.3) is 0 Å². The van der Waals surface area contributed by atoms with Crippen LogP contribution in [0.1, 0.15) is 0 Å². The number of nitrogens with zero attached hydrogens (tertiary/aromatic N) is 4. The predicted octanol–water partition coefficient (Wildman–Crippen LogP) is 2.24. The molecule has 10 heteroatoms. The minimum absolute atomic E-state index is 0.341. The fourth-order valence-corrected chi connectivity index (χ4v) is 5.11. The lowest BCUT2D eigenvalue weighted by atomic mass is 10.4. The van der Waals surface area contributed by atoms with E-state index < -0.39 is 10.0 Å². The third kappa shape index (κ3) is 4.38. The molecule has 0 amide bonds. The molecular weight excluding hydrogens is 390 g/mol. The molecule has 0 bridgehead atoms. The predicted molar refractivity (Wildman–Crippen MR) is 106 cm³/mol. The summed E-state index contributed by atoms with van der Waals surface area (Å²) in [5.74, 6) is 0. The Kier molecular flexibility index (Phi) is 6.20. The SMILES string of the molecule is C=CCNc1nn(CN2CCN(S(=O)(=O)c3ccccc3)CC2)c(=S)s1. The van der Waals surface area contributed by atoms with Gasteiger partial charge < -0.3 is 5.32 Å². The minimum Gasteiger partial charge on any atom is -0.357 e. The normalized spacial score (nSPS) is 16.5. The summed E-state index contributed by atoms with van der Waals surface area (Å²) >= 11 is 6.78. The van der Waals surface area contributed by atoms with Crippen molar-refractivity contribution in [2.75, 3.05) is 38.0 Å². The maximum Gasteiger partial charge on any atom is 0.243 e. The van der Waals surface area contributed by atoms with E-state index in [9.17, 15) is 8.42 Å². The molecule has 1 fully saturated rings. The average Bonchev–Trinajstić information content (AvgIpc) is 3.00. The zero-order valence-electron chi connectivity index (χ0n) is 14.2. The smallest absolute Gasteiger partial charge is 0.243 e. The number of sulfonamides is 1. The number of benzene rings is 1. The van der Waals surface area contributed by atoms with E-state index in [0.29, 0.717) is 48.2 Å². The number of rotatable bonds is 7. The Hall–Kier alpha value is -1.59. The molecule has 2 heterocycles. The van der Waals surface area contributed by atoms with Gasteiger partial charge in [-0.3, -0.25) is 4.90 Å². The summed E-state index contributed by atoms with van der Waals surface area (Å²) in [5.41, 5.74) is 0. The molecule has 1 saturated heterocycles. The van der Waals surface area contributed by atoms with Crippen LogP contribution in [-0.4, -0.2) is 60.1 Å². The number of hydrogen-bond donors (Lipinski definition) is 1. The van der Waals surface area contributed by atoms with Crippen molar-refractivity contribution in [1.82, 2.24) is 19.0 Å². The molecule has 1 aromatic carbocycles. The van der Waals surface area contributed by atoms with E-state index in [4.69, 9.17) is 12.2 Å². The number of nitrogens with one attached hydrogen (secondary N) is 1. The summed E-state index contributed by atoms with van der Waals surface area (Å²) in [6.07, 6.45) is 1.77. The van der Waals surface area contributed by atoms with E-state index in [0.717, 1.165) is 5.13 Å². The standard InChI is InChI=1S/C16H21N5O2S3/c1-2-8-17-15-18-21(16(24)25-15)13-19-9-11-20(12-10-19)26(22,23)14-6-4-3-5-7-14/h2-7H,1,8-13H2,(H,17,18). The highest BCUT2D eigenvalue weighted by molar-refractivity contribution is 7.89. The number of hydrogen-bond acceptors (Lipinski definition) is 7. The molecule has 0 radical (unpaired) electrons. The van der Waals surface area contributed by atoms with Crippen molar-refractivity contribution in [3.8, 4) is 0 Å². The molecule has 140 valence electrons. The summed E-state index contributed by atoms with van der Waals surface area (Å²) in [4.78, 5) is 2.50. The van der Waals surface area contributed by atoms with Crippen LogP contribution in [0.25, 0.3) is 0 Å². The highest BCUT2D eigenvalue weighted by Crippen LogP contribution is 2.18. The molecule has 26 heavy (non-hydrogen) atoms. The Labute approximate surface area is 162 Å². The van der Waals surface area contributed by atoms with Gasteiger partial charge >= 0.3 is 0 Å². The van der Waals surface area contributed by atoms with Crippen molar-refractivity contribution in [1.29, 1.82) is 0 Å². The monoisotopic (exact) mass is 411 g/mol. The second-order valence-corrected chi connectivity index (χ2v) is 9.38. The van der Waals surface area contributed by atoms with Gasteiger partial charge in [-0.1, -0.05) is 35.6 Å². The number of piperazine rings is 1. The lowest BCUT2D eigenvalue weighted by Gasteiger charge is -2.33. The van der Waals surface area contributed by atoms with Crippen LogP contribution in [0.2, 0.25) is 0 Å². The van der Waals surface area contributed by atoms with Crippen LogP contribution in [0, 0.1) is 3.95 Å². The summed E-state index contributed by atoms with van der Waals surface area (Å²) in [5, 5.41) is 8.35. The average molecular weight is 412 g/mol. The van der Waals surface area contributed by atoms with Crippen LogP contribution in [0.5, 0.6) is 0 Å². The molecule has 0 atom stereocenters. The lowest BCUT2D eigenvalue weighted by molar-refractivity contribution is 0.145. The topological polar surface area (TPSA) is 70.5 Å². The molecule has 0 saturated carbocycles. The Morgan fingerprint density at radius 3 is 2.58 bits per heavy atom. The van der Waals surface area contributed by atoms with Crippen molar-refractivity contribution in [2.24, 2.45) is 0 Å². The van der Waals surface area contributed by atoms with Crippen LogP contribution in [0.15, 0.2) is 47.9 Å². The van der Waals surface area contributed by atoms with Crippen LogP contribution < -0.4 is 5.32 Å². The zero-order valence-corrected chi connectivity index (χ0v) is 16.7. The van der Waals surface area contributed by atoms with Gasteiger partial charge in [0.1, 0.15) is 0 Å². The minimum atomic E-state index is -3.43. The Bertz CT molecular complexity index is 899. The molecular formula is C16H21N5O2S3. The largest absolute Gasteiger partial charge is 0.357 e. The Balaban J connectivity index is 1.60.